The van der Waals surface area contributed by atoms with Gasteiger partial charge in [0.1, 0.15) is 5.84 Å². The quantitative estimate of drug-likeness (QED) is 0.0481. The van der Waals surface area contributed by atoms with Gasteiger partial charge in [-0.1, -0.05) is 66.9 Å². The van der Waals surface area contributed by atoms with Crippen LogP contribution in [0, 0.1) is 5.92 Å². The zero-order valence-electron chi connectivity index (χ0n) is 32.4. The van der Waals surface area contributed by atoms with Crippen molar-refractivity contribution in [2.75, 3.05) is 56.5 Å². The normalized spacial score (nSPS) is 16.0. The van der Waals surface area contributed by atoms with Crippen LogP contribution in [0.2, 0.25) is 4.87 Å². The summed E-state index contributed by atoms with van der Waals surface area (Å²) in [5, 5.41) is 6.31. The molecule has 1 fully saturated rings. The summed E-state index contributed by atoms with van der Waals surface area (Å²) in [5.74, 6) is 0.819. The average molecular weight is 814 g/mol. The monoisotopic (exact) mass is 812 g/mol. The first-order valence-electron chi connectivity index (χ1n) is 18.7. The molecule has 1 aromatic rings. The number of hydrogen-bond donors (Lipinski definition) is 2. The van der Waals surface area contributed by atoms with Crippen LogP contribution in [0.25, 0.3) is 0 Å². The third-order valence-corrected chi connectivity index (χ3v) is 9.24. The second-order valence-electron chi connectivity index (χ2n) is 13.2. The molecule has 0 bridgehead atoms. The maximum absolute atomic E-state index is 14.5. The van der Waals surface area contributed by atoms with E-state index in [1.807, 2.05) is 17.9 Å². The molecule has 2 atom stereocenters. The van der Waals surface area contributed by atoms with Gasteiger partial charge < -0.3 is 25.3 Å². The molecule has 2 unspecified atom stereocenters. The second kappa shape index (κ2) is 24.9. The molecule has 1 aromatic carbocycles. The summed E-state index contributed by atoms with van der Waals surface area (Å²) in [6.07, 6.45) is 4.70. The fourth-order valence-electron chi connectivity index (χ4n) is 5.96. The van der Waals surface area contributed by atoms with Gasteiger partial charge in [0.15, 0.2) is 0 Å². The minimum absolute atomic E-state index is 0.0322. The molecule has 0 aliphatic carbocycles. The van der Waals surface area contributed by atoms with E-state index in [9.17, 15) is 18.0 Å². The number of anilines is 2. The number of nitrogens with zero attached hydrogens (tertiary/aromatic N) is 4. The first kappa shape index (κ1) is 45.8. The van der Waals surface area contributed by atoms with Crippen molar-refractivity contribution in [3.05, 3.63) is 47.3 Å². The van der Waals surface area contributed by atoms with Gasteiger partial charge in [-0.05, 0) is 75.8 Å². The molecule has 7 nitrogen and oxygen atoms in total. The van der Waals surface area contributed by atoms with E-state index in [0.29, 0.717) is 44.1 Å². The molecule has 284 valence electrons. The van der Waals surface area contributed by atoms with Crippen molar-refractivity contribution in [3.8, 4) is 0 Å². The minimum atomic E-state index is -4.60. The standard InChI is InChI=1S/C38H63F3N6O.CH3.Sb/c1-9-14-17-36(42-20-15-21-47(32(13-5)16-10-2)37(48)26-29(6)11-3)34(38(39,40)41)28-43-30(7)44-35-19-18-33(27-31(35)12-4)46-24-22-45(8)23-25-46;;/h17-19,27-29,32,42H,9-16,20-26H2,1-8H3,(H,43,44);1H3;/b34-28+,36-17-;;. The number of aryl methyl sites for hydroxylation is 1. The van der Waals surface area contributed by atoms with Crippen molar-refractivity contribution in [2.24, 2.45) is 10.9 Å². The Morgan fingerprint density at radius 1 is 1.06 bits per heavy atom. The zero-order chi connectivity index (χ0) is 37.7. The van der Waals surface area contributed by atoms with Gasteiger partial charge in [0.25, 0.3) is 0 Å². The van der Waals surface area contributed by atoms with Crippen LogP contribution in [0.15, 0.2) is 46.7 Å². The number of rotatable bonds is 19. The molecular formula is C39H66F3N6OSb. The number of alkyl halides is 3. The number of halogens is 3. The molecule has 1 aliphatic heterocycles. The number of amidine groups is 1. The molecule has 1 saturated heterocycles. The van der Waals surface area contributed by atoms with Crippen LogP contribution in [0.5, 0.6) is 0 Å². The number of benzene rings is 1. The van der Waals surface area contributed by atoms with Crippen molar-refractivity contribution in [1.29, 1.82) is 0 Å². The Labute approximate surface area is 316 Å². The van der Waals surface area contributed by atoms with Crippen molar-refractivity contribution < 1.29 is 18.0 Å². The molecule has 2 radical (unpaired) electrons. The summed E-state index contributed by atoms with van der Waals surface area (Å²) < 4.78 is 43.4. The van der Waals surface area contributed by atoms with E-state index >= 15 is 0 Å². The Kier molecular flexibility index (Phi) is 22.8. The molecule has 1 heterocycles. The average Bonchev–Trinajstić information content (AvgIpc) is 3.10. The van der Waals surface area contributed by atoms with E-state index in [0.717, 1.165) is 87.8 Å². The third kappa shape index (κ3) is 16.0. The van der Waals surface area contributed by atoms with Gasteiger partial charge >= 0.3 is 34.1 Å². The van der Waals surface area contributed by atoms with Crippen LogP contribution >= 0.6 is 0 Å². The number of carbonyl (C=O) groups excluding carboxylic acids is 1. The predicted molar refractivity (Wildman–Crippen MR) is 208 cm³/mol. The Bertz CT molecular complexity index is 1210. The third-order valence-electron chi connectivity index (χ3n) is 9.24. The van der Waals surface area contributed by atoms with Crippen molar-refractivity contribution in [3.63, 3.8) is 0 Å². The molecule has 2 N–H and O–H groups in total. The fraction of sp³-hybridized carbons (Fsp3) is 0.692. The van der Waals surface area contributed by atoms with Crippen LogP contribution in [-0.2, 0) is 11.2 Å². The molecule has 1 aliphatic rings. The van der Waals surface area contributed by atoms with Gasteiger partial charge in [-0.25, -0.2) is 4.99 Å². The van der Waals surface area contributed by atoms with Crippen molar-refractivity contribution in [2.45, 2.75) is 123 Å². The zero-order valence-corrected chi connectivity index (χ0v) is 35.0. The molecule has 11 heteroatoms. The number of unbranched alkanes of at least 4 members (excludes halogenated alkanes) is 1. The topological polar surface area (TPSA) is 63.2 Å². The van der Waals surface area contributed by atoms with Crippen molar-refractivity contribution >= 4 is 46.1 Å². The number of carbonyl (C=O) groups is 1. The summed E-state index contributed by atoms with van der Waals surface area (Å²) in [6, 6.07) is 6.37. The van der Waals surface area contributed by atoms with Crippen LogP contribution in [-0.4, -0.2) is 103 Å². The van der Waals surface area contributed by atoms with E-state index in [4.69, 9.17) is 0 Å². The number of amides is 1. The predicted octanol–water partition coefficient (Wildman–Crippen LogP) is 8.99. The van der Waals surface area contributed by atoms with Gasteiger partial charge in [0, 0.05) is 75.0 Å². The van der Waals surface area contributed by atoms with Crippen LogP contribution < -0.4 is 15.5 Å². The van der Waals surface area contributed by atoms with E-state index in [2.05, 4.69) is 84.1 Å². The second-order valence-corrected chi connectivity index (χ2v) is 13.2. The molecule has 1 amide bonds. The summed E-state index contributed by atoms with van der Waals surface area (Å²) in [5.41, 5.74) is 2.33. The summed E-state index contributed by atoms with van der Waals surface area (Å²) in [4.78, 5) is 26.2. The maximum atomic E-state index is 14.5. The number of allylic oxidation sites excluding steroid dienone is 2. The molecule has 0 aromatic heterocycles. The Hall–Kier alpha value is -2.19. The summed E-state index contributed by atoms with van der Waals surface area (Å²) in [6.45, 7) is 18.9. The fourth-order valence-corrected chi connectivity index (χ4v) is 5.96. The summed E-state index contributed by atoms with van der Waals surface area (Å²) >= 11 is 1.75. The number of nitrogens with one attached hydrogen (secondary N) is 2. The van der Waals surface area contributed by atoms with E-state index in [1.165, 1.54) is 0 Å². The van der Waals surface area contributed by atoms with Crippen LogP contribution in [0.4, 0.5) is 24.5 Å². The van der Waals surface area contributed by atoms with E-state index < -0.39 is 11.7 Å². The molecule has 0 spiro atoms. The Balaban J connectivity index is 0.00000613. The SMILES string of the molecule is CCC/C=C(NCCCN(C(=O)CC(C)CC)C(CC)CCC)/C(=C\N=C(C)Nc1ccc(N2CCN(C)CC2)cc1CC)C(F)(F)F.[CH3][Sb]. The van der Waals surface area contributed by atoms with Gasteiger partial charge in [-0.3, -0.25) is 4.79 Å². The van der Waals surface area contributed by atoms with Gasteiger partial charge in [-0.2, -0.15) is 13.2 Å². The summed E-state index contributed by atoms with van der Waals surface area (Å²) in [7, 11) is 2.13. The molecule has 50 heavy (non-hydrogen) atoms. The molecule has 2 rings (SSSR count). The number of piperazine rings is 1. The van der Waals surface area contributed by atoms with Gasteiger partial charge in [0.2, 0.25) is 5.91 Å². The van der Waals surface area contributed by atoms with E-state index in [-0.39, 0.29) is 17.6 Å². The molecule has 0 saturated carbocycles. The van der Waals surface area contributed by atoms with Gasteiger partial charge in [0.05, 0.1) is 5.57 Å². The van der Waals surface area contributed by atoms with Crippen LogP contribution in [0.3, 0.4) is 0 Å². The van der Waals surface area contributed by atoms with Gasteiger partial charge in [-0.15, -0.1) is 0 Å². The Morgan fingerprint density at radius 2 is 1.74 bits per heavy atom. The first-order chi connectivity index (χ1) is 23.9. The van der Waals surface area contributed by atoms with Crippen LogP contribution in [0.1, 0.15) is 105 Å². The number of hydrogen-bond acceptors (Lipinski definition) is 5. The molecular weight excluding hydrogens is 747 g/mol. The van der Waals surface area contributed by atoms with Crippen molar-refractivity contribution in [1.82, 2.24) is 15.1 Å². The number of likely N-dealkylation sites (N-methyl/N-ethyl adjacent to an activating group) is 1. The van der Waals surface area contributed by atoms with E-state index in [1.54, 1.807) is 36.0 Å². The first-order valence-corrected chi connectivity index (χ1v) is 21.3. The Morgan fingerprint density at radius 3 is 2.30 bits per heavy atom. The number of aliphatic imine (C=N–C) groups is 1.